The number of nitrogens with one attached hydrogen (secondary N) is 1. The quantitative estimate of drug-likeness (QED) is 0.829. The molecule has 0 atom stereocenters. The predicted molar refractivity (Wildman–Crippen MR) is 105 cm³/mol. The van der Waals surface area contributed by atoms with Crippen molar-refractivity contribution in [3.8, 4) is 5.75 Å². The number of hydrogen-bond donors (Lipinski definition) is 1. The van der Waals surface area contributed by atoms with Gasteiger partial charge in [0.15, 0.2) is 0 Å². The van der Waals surface area contributed by atoms with Gasteiger partial charge >= 0.3 is 0 Å². The van der Waals surface area contributed by atoms with Crippen LogP contribution in [0.2, 0.25) is 0 Å². The fourth-order valence-electron chi connectivity index (χ4n) is 3.10. The number of hydrogen-bond acceptors (Lipinski definition) is 4. The molecule has 1 heterocycles. The van der Waals surface area contributed by atoms with Crippen LogP contribution >= 0.6 is 0 Å². The average Bonchev–Trinajstić information content (AvgIpc) is 2.73. The van der Waals surface area contributed by atoms with Gasteiger partial charge in [-0.15, -0.1) is 0 Å². The highest BCUT2D eigenvalue weighted by molar-refractivity contribution is 5.96. The van der Waals surface area contributed by atoms with Crippen molar-refractivity contribution >= 4 is 17.5 Å². The Kier molecular flexibility index (Phi) is 6.47. The molecule has 0 aliphatic carbocycles. The smallest absolute Gasteiger partial charge is 0.251 e. The van der Waals surface area contributed by atoms with Crippen LogP contribution in [0.15, 0.2) is 48.5 Å². The number of anilines is 1. The summed E-state index contributed by atoms with van der Waals surface area (Å²) in [4.78, 5) is 28.4. The van der Waals surface area contributed by atoms with Crippen LogP contribution in [0.25, 0.3) is 0 Å². The minimum absolute atomic E-state index is 0.0391. The van der Waals surface area contributed by atoms with Gasteiger partial charge in [-0.05, 0) is 55.5 Å². The van der Waals surface area contributed by atoms with Crippen LogP contribution in [-0.2, 0) is 4.79 Å². The largest absolute Gasteiger partial charge is 0.494 e. The third-order valence-electron chi connectivity index (χ3n) is 4.65. The highest BCUT2D eigenvalue weighted by Crippen LogP contribution is 2.17. The maximum absolute atomic E-state index is 13.0. The summed E-state index contributed by atoms with van der Waals surface area (Å²) in [6.07, 6.45) is 0. The van der Waals surface area contributed by atoms with Gasteiger partial charge in [0, 0.05) is 37.4 Å². The molecular formula is C21H24FN3O3. The lowest BCUT2D eigenvalue weighted by atomic mass is 10.2. The fraction of sp³-hybridized carbons (Fsp3) is 0.333. The molecule has 7 heteroatoms. The van der Waals surface area contributed by atoms with Gasteiger partial charge in [0.1, 0.15) is 11.6 Å². The van der Waals surface area contributed by atoms with E-state index in [4.69, 9.17) is 4.74 Å². The molecule has 0 aromatic heterocycles. The van der Waals surface area contributed by atoms with E-state index in [1.807, 2.05) is 6.92 Å². The molecule has 2 aromatic carbocycles. The molecule has 3 rings (SSSR count). The van der Waals surface area contributed by atoms with Crippen molar-refractivity contribution in [1.29, 1.82) is 0 Å². The highest BCUT2D eigenvalue weighted by Gasteiger charge is 2.21. The van der Waals surface area contributed by atoms with Crippen molar-refractivity contribution in [3.05, 3.63) is 59.9 Å². The highest BCUT2D eigenvalue weighted by atomic mass is 19.1. The molecule has 1 aliphatic heterocycles. The monoisotopic (exact) mass is 385 g/mol. The van der Waals surface area contributed by atoms with E-state index in [0.29, 0.717) is 44.1 Å². The summed E-state index contributed by atoms with van der Waals surface area (Å²) >= 11 is 0. The fourth-order valence-corrected chi connectivity index (χ4v) is 3.10. The van der Waals surface area contributed by atoms with E-state index in [0.717, 1.165) is 5.69 Å². The van der Waals surface area contributed by atoms with Gasteiger partial charge in [-0.25, -0.2) is 4.39 Å². The Morgan fingerprint density at radius 2 is 1.64 bits per heavy atom. The molecule has 1 fully saturated rings. The number of carbonyl (C=O) groups is 2. The Balaban J connectivity index is 1.45. The van der Waals surface area contributed by atoms with E-state index in [2.05, 4.69) is 10.2 Å². The molecule has 1 aliphatic rings. The zero-order valence-electron chi connectivity index (χ0n) is 15.9. The summed E-state index contributed by atoms with van der Waals surface area (Å²) in [5, 5.41) is 2.67. The molecule has 6 nitrogen and oxygen atoms in total. The average molecular weight is 385 g/mol. The molecule has 0 radical (unpaired) electrons. The number of benzene rings is 2. The Morgan fingerprint density at radius 1 is 1.00 bits per heavy atom. The van der Waals surface area contributed by atoms with E-state index in [1.54, 1.807) is 41.3 Å². The second-order valence-electron chi connectivity index (χ2n) is 6.48. The topological polar surface area (TPSA) is 61.9 Å². The van der Waals surface area contributed by atoms with Crippen molar-refractivity contribution in [2.75, 3.05) is 44.2 Å². The minimum Gasteiger partial charge on any atom is -0.494 e. The number of rotatable bonds is 6. The number of carbonyl (C=O) groups excluding carboxylic acids is 2. The first-order valence-corrected chi connectivity index (χ1v) is 9.36. The third kappa shape index (κ3) is 5.00. The molecule has 1 saturated heterocycles. The van der Waals surface area contributed by atoms with Crippen molar-refractivity contribution in [2.45, 2.75) is 6.92 Å². The Bertz CT molecular complexity index is 801. The van der Waals surface area contributed by atoms with E-state index in [1.165, 1.54) is 12.1 Å². The van der Waals surface area contributed by atoms with E-state index >= 15 is 0 Å². The maximum Gasteiger partial charge on any atom is 0.251 e. The van der Waals surface area contributed by atoms with Gasteiger partial charge in [-0.1, -0.05) is 0 Å². The first kappa shape index (κ1) is 19.7. The summed E-state index contributed by atoms with van der Waals surface area (Å²) in [7, 11) is 0. The first-order chi connectivity index (χ1) is 13.6. The molecule has 2 aromatic rings. The Morgan fingerprint density at radius 3 is 2.25 bits per heavy atom. The van der Waals surface area contributed by atoms with E-state index in [-0.39, 0.29) is 24.2 Å². The summed E-state index contributed by atoms with van der Waals surface area (Å²) in [5.41, 5.74) is 1.43. The molecule has 0 unspecified atom stereocenters. The molecule has 0 spiro atoms. The van der Waals surface area contributed by atoms with Crippen LogP contribution in [0.3, 0.4) is 0 Å². The second-order valence-corrected chi connectivity index (χ2v) is 6.48. The molecule has 148 valence electrons. The molecule has 1 N–H and O–H groups in total. The number of amides is 2. The first-order valence-electron chi connectivity index (χ1n) is 9.36. The lowest BCUT2D eigenvalue weighted by Crippen LogP contribution is -2.51. The van der Waals surface area contributed by atoms with Crippen LogP contribution in [0.1, 0.15) is 17.3 Å². The Labute approximate surface area is 163 Å². The van der Waals surface area contributed by atoms with Gasteiger partial charge in [0.2, 0.25) is 5.91 Å². The summed E-state index contributed by atoms with van der Waals surface area (Å²) in [6.45, 7) is 4.89. The zero-order chi connectivity index (χ0) is 19.9. The number of nitrogens with zero attached hydrogens (tertiary/aromatic N) is 2. The standard InChI is InChI=1S/C21H24FN3O3/c1-2-28-19-9-3-16(4-10-19)21(27)23-15-20(26)25-13-11-24(12-14-25)18-7-5-17(22)6-8-18/h3-10H,2,11-15H2,1H3,(H,23,27). The lowest BCUT2D eigenvalue weighted by molar-refractivity contribution is -0.130. The van der Waals surface area contributed by atoms with E-state index in [9.17, 15) is 14.0 Å². The van der Waals surface area contributed by atoms with Gasteiger partial charge in [0.05, 0.1) is 13.2 Å². The maximum atomic E-state index is 13.0. The van der Waals surface area contributed by atoms with Crippen molar-refractivity contribution in [3.63, 3.8) is 0 Å². The molecule has 0 bridgehead atoms. The number of piperazine rings is 1. The van der Waals surface area contributed by atoms with Crippen LogP contribution in [0.5, 0.6) is 5.75 Å². The Hall–Kier alpha value is -3.09. The summed E-state index contributed by atoms with van der Waals surface area (Å²) in [5.74, 6) is 0.0365. The third-order valence-corrected chi connectivity index (χ3v) is 4.65. The van der Waals surface area contributed by atoms with Gasteiger partial charge in [-0.3, -0.25) is 9.59 Å². The van der Waals surface area contributed by atoms with Crippen molar-refractivity contribution in [2.24, 2.45) is 0 Å². The minimum atomic E-state index is -0.290. The second kappa shape index (κ2) is 9.21. The van der Waals surface area contributed by atoms with Gasteiger partial charge in [-0.2, -0.15) is 0 Å². The normalized spacial score (nSPS) is 13.9. The summed E-state index contributed by atoms with van der Waals surface area (Å²) < 4.78 is 18.4. The van der Waals surface area contributed by atoms with Gasteiger partial charge < -0.3 is 19.9 Å². The lowest BCUT2D eigenvalue weighted by Gasteiger charge is -2.36. The predicted octanol–water partition coefficient (Wildman–Crippen LogP) is 2.30. The van der Waals surface area contributed by atoms with Crippen LogP contribution in [-0.4, -0.2) is 56.0 Å². The molecule has 2 amide bonds. The SMILES string of the molecule is CCOc1ccc(C(=O)NCC(=O)N2CCN(c3ccc(F)cc3)CC2)cc1. The van der Waals surface area contributed by atoms with Crippen LogP contribution in [0.4, 0.5) is 10.1 Å². The van der Waals surface area contributed by atoms with Crippen molar-refractivity contribution in [1.82, 2.24) is 10.2 Å². The summed E-state index contributed by atoms with van der Waals surface area (Å²) in [6, 6.07) is 13.2. The molecule has 0 saturated carbocycles. The van der Waals surface area contributed by atoms with E-state index < -0.39 is 0 Å². The van der Waals surface area contributed by atoms with Crippen LogP contribution in [0, 0.1) is 5.82 Å². The molecular weight excluding hydrogens is 361 g/mol. The van der Waals surface area contributed by atoms with Crippen LogP contribution < -0.4 is 15.0 Å². The van der Waals surface area contributed by atoms with Crippen molar-refractivity contribution < 1.29 is 18.7 Å². The number of ether oxygens (including phenoxy) is 1. The van der Waals surface area contributed by atoms with Gasteiger partial charge in [0.25, 0.3) is 5.91 Å². The number of halogens is 1. The molecule has 28 heavy (non-hydrogen) atoms. The zero-order valence-corrected chi connectivity index (χ0v) is 15.9.